The van der Waals surface area contributed by atoms with Gasteiger partial charge in [0.15, 0.2) is 17.6 Å². The summed E-state index contributed by atoms with van der Waals surface area (Å²) in [4.78, 5) is 11.7. The van der Waals surface area contributed by atoms with Gasteiger partial charge in [0, 0.05) is 18.2 Å². The highest BCUT2D eigenvalue weighted by Gasteiger charge is 2.12. The lowest BCUT2D eigenvalue weighted by Gasteiger charge is -2.01. The molecule has 17 heavy (non-hydrogen) atoms. The van der Waals surface area contributed by atoms with E-state index in [1.807, 2.05) is 36.0 Å². The van der Waals surface area contributed by atoms with Crippen LogP contribution in [0.15, 0.2) is 35.0 Å². The smallest absolute Gasteiger partial charge is 0.273 e. The van der Waals surface area contributed by atoms with Gasteiger partial charge in [-0.25, -0.2) is 4.57 Å². The van der Waals surface area contributed by atoms with Crippen LogP contribution in [0.5, 0.6) is 0 Å². The fraction of sp³-hybridized carbons (Fsp3) is 0.250. The van der Waals surface area contributed by atoms with Crippen molar-refractivity contribution in [2.24, 2.45) is 7.05 Å². The molecule has 0 aliphatic carbocycles. The lowest BCUT2D eigenvalue weighted by Crippen LogP contribution is -2.37. The molecule has 1 amide bonds. The Balaban J connectivity index is 1.99. The second-order valence-electron chi connectivity index (χ2n) is 3.81. The number of nitrogens with zero attached hydrogens (tertiary/aromatic N) is 2. The van der Waals surface area contributed by atoms with E-state index in [0.717, 1.165) is 5.69 Å². The molecule has 0 saturated carbocycles. The zero-order valence-electron chi connectivity index (χ0n) is 9.80. The maximum absolute atomic E-state index is 11.7. The molecule has 0 spiro atoms. The molecule has 0 aromatic carbocycles. The van der Waals surface area contributed by atoms with Crippen LogP contribution in [0.2, 0.25) is 0 Å². The van der Waals surface area contributed by atoms with Crippen molar-refractivity contribution < 1.29 is 13.9 Å². The number of carbonyl (C=O) groups excluding carboxylic acids is 1. The van der Waals surface area contributed by atoms with Gasteiger partial charge in [0.2, 0.25) is 0 Å². The topological polar surface area (TPSA) is 59.0 Å². The molecule has 2 heterocycles. The minimum Gasteiger partial charge on any atom is -0.361 e. The molecule has 0 aliphatic heterocycles. The molecule has 0 bridgehead atoms. The molecule has 0 aliphatic rings. The number of amides is 1. The van der Waals surface area contributed by atoms with Gasteiger partial charge in [-0.3, -0.25) is 4.79 Å². The number of aryl methyl sites for hydroxylation is 2. The fourth-order valence-electron chi connectivity index (χ4n) is 1.48. The molecule has 0 unspecified atom stereocenters. The van der Waals surface area contributed by atoms with Crippen LogP contribution in [-0.2, 0) is 13.6 Å². The van der Waals surface area contributed by atoms with Gasteiger partial charge in [0.1, 0.15) is 19.4 Å². The van der Waals surface area contributed by atoms with Crippen molar-refractivity contribution >= 4 is 5.91 Å². The standard InChI is InChI=1S/C12H13N3O2/c1-9-7-11(14-17-9)12(16)13-8-10-5-3-4-6-15(10)2/h3-7H,8H2,1-2H3/p+1. The molecule has 2 aromatic rings. The molecule has 2 aromatic heterocycles. The Hall–Kier alpha value is -2.17. The Morgan fingerprint density at radius 3 is 3.00 bits per heavy atom. The summed E-state index contributed by atoms with van der Waals surface area (Å²) in [5.41, 5.74) is 1.32. The first-order chi connectivity index (χ1) is 8.16. The Kier molecular flexibility index (Phi) is 3.18. The summed E-state index contributed by atoms with van der Waals surface area (Å²) in [6.07, 6.45) is 1.93. The average molecular weight is 232 g/mol. The van der Waals surface area contributed by atoms with Gasteiger partial charge in [-0.1, -0.05) is 11.2 Å². The molecule has 0 fully saturated rings. The normalized spacial score (nSPS) is 10.2. The van der Waals surface area contributed by atoms with Crippen LogP contribution in [-0.4, -0.2) is 11.1 Å². The second kappa shape index (κ2) is 4.78. The van der Waals surface area contributed by atoms with E-state index in [0.29, 0.717) is 18.0 Å². The van der Waals surface area contributed by atoms with Gasteiger partial charge in [-0.05, 0) is 6.92 Å². The van der Waals surface area contributed by atoms with E-state index in [1.165, 1.54) is 0 Å². The van der Waals surface area contributed by atoms with Crippen LogP contribution in [0.4, 0.5) is 0 Å². The molecule has 0 atom stereocenters. The van der Waals surface area contributed by atoms with Gasteiger partial charge in [-0.15, -0.1) is 0 Å². The quantitative estimate of drug-likeness (QED) is 0.794. The van der Waals surface area contributed by atoms with Crippen molar-refractivity contribution in [2.75, 3.05) is 0 Å². The van der Waals surface area contributed by atoms with Gasteiger partial charge in [-0.2, -0.15) is 0 Å². The van der Waals surface area contributed by atoms with E-state index in [-0.39, 0.29) is 5.91 Å². The highest BCUT2D eigenvalue weighted by molar-refractivity contribution is 5.92. The monoisotopic (exact) mass is 232 g/mol. The largest absolute Gasteiger partial charge is 0.361 e. The minimum absolute atomic E-state index is 0.231. The number of pyridine rings is 1. The first-order valence-corrected chi connectivity index (χ1v) is 5.32. The Labute approximate surface area is 99.1 Å². The first-order valence-electron chi connectivity index (χ1n) is 5.32. The van der Waals surface area contributed by atoms with Crippen LogP contribution in [0, 0.1) is 6.92 Å². The molecular formula is C12H14N3O2+. The lowest BCUT2D eigenvalue weighted by atomic mass is 10.3. The highest BCUT2D eigenvalue weighted by atomic mass is 16.5. The minimum atomic E-state index is -0.231. The van der Waals surface area contributed by atoms with Crippen LogP contribution in [0.1, 0.15) is 21.9 Å². The number of hydrogen-bond acceptors (Lipinski definition) is 3. The summed E-state index contributed by atoms with van der Waals surface area (Å²) < 4.78 is 6.80. The van der Waals surface area contributed by atoms with Crippen molar-refractivity contribution in [3.05, 3.63) is 47.6 Å². The van der Waals surface area contributed by atoms with E-state index in [2.05, 4.69) is 10.5 Å². The van der Waals surface area contributed by atoms with Crippen molar-refractivity contribution in [3.8, 4) is 0 Å². The molecule has 5 nitrogen and oxygen atoms in total. The summed E-state index contributed by atoms with van der Waals surface area (Å²) in [6.45, 7) is 2.21. The number of aromatic nitrogens is 2. The molecule has 1 N–H and O–H groups in total. The Bertz CT molecular complexity index is 534. The summed E-state index contributed by atoms with van der Waals surface area (Å²) in [5, 5.41) is 6.44. The van der Waals surface area contributed by atoms with Crippen LogP contribution in [0.3, 0.4) is 0 Å². The van der Waals surface area contributed by atoms with E-state index in [4.69, 9.17) is 4.52 Å². The molecule has 0 saturated heterocycles. The summed E-state index contributed by atoms with van der Waals surface area (Å²) >= 11 is 0. The number of hydrogen-bond donors (Lipinski definition) is 1. The van der Waals surface area contributed by atoms with Crippen molar-refractivity contribution in [3.63, 3.8) is 0 Å². The summed E-state index contributed by atoms with van der Waals surface area (Å²) in [6, 6.07) is 7.43. The van der Waals surface area contributed by atoms with Crippen molar-refractivity contribution in [1.82, 2.24) is 10.5 Å². The first kappa shape index (κ1) is 11.3. The third kappa shape index (κ3) is 2.69. The molecule has 88 valence electrons. The summed E-state index contributed by atoms with van der Waals surface area (Å²) in [7, 11) is 1.93. The zero-order chi connectivity index (χ0) is 12.3. The maximum atomic E-state index is 11.7. The van der Waals surface area contributed by atoms with Gasteiger partial charge in [0.05, 0.1) is 0 Å². The van der Waals surface area contributed by atoms with E-state index >= 15 is 0 Å². The van der Waals surface area contributed by atoms with Crippen LogP contribution in [0.25, 0.3) is 0 Å². The molecule has 2 rings (SSSR count). The Morgan fingerprint density at radius 1 is 1.53 bits per heavy atom. The SMILES string of the molecule is Cc1cc(C(=O)NCc2cccc[n+]2C)no1. The third-order valence-corrected chi connectivity index (χ3v) is 2.45. The van der Waals surface area contributed by atoms with Gasteiger partial charge < -0.3 is 9.84 Å². The van der Waals surface area contributed by atoms with Crippen molar-refractivity contribution in [1.29, 1.82) is 0 Å². The average Bonchev–Trinajstić information content (AvgIpc) is 2.74. The highest BCUT2D eigenvalue weighted by Crippen LogP contribution is 2.01. The number of rotatable bonds is 3. The molecule has 0 radical (unpaired) electrons. The lowest BCUT2D eigenvalue weighted by molar-refractivity contribution is -0.679. The number of nitrogens with one attached hydrogen (secondary N) is 1. The van der Waals surface area contributed by atoms with E-state index < -0.39 is 0 Å². The predicted molar refractivity (Wildman–Crippen MR) is 60.0 cm³/mol. The Morgan fingerprint density at radius 2 is 2.35 bits per heavy atom. The van der Waals surface area contributed by atoms with Gasteiger partial charge in [0.25, 0.3) is 5.91 Å². The van der Waals surface area contributed by atoms with Gasteiger partial charge >= 0.3 is 0 Å². The van der Waals surface area contributed by atoms with E-state index in [9.17, 15) is 4.79 Å². The number of carbonyl (C=O) groups is 1. The maximum Gasteiger partial charge on any atom is 0.273 e. The fourth-order valence-corrected chi connectivity index (χ4v) is 1.48. The summed E-state index contributed by atoms with van der Waals surface area (Å²) in [5.74, 6) is 0.395. The third-order valence-electron chi connectivity index (χ3n) is 2.45. The molecular weight excluding hydrogens is 218 g/mol. The zero-order valence-corrected chi connectivity index (χ0v) is 9.80. The van der Waals surface area contributed by atoms with Crippen molar-refractivity contribution in [2.45, 2.75) is 13.5 Å². The van der Waals surface area contributed by atoms with Crippen LogP contribution < -0.4 is 9.88 Å². The predicted octanol–water partition coefficient (Wildman–Crippen LogP) is 0.738. The second-order valence-corrected chi connectivity index (χ2v) is 3.81. The van der Waals surface area contributed by atoms with E-state index in [1.54, 1.807) is 13.0 Å². The molecule has 5 heteroatoms. The van der Waals surface area contributed by atoms with Crippen LogP contribution >= 0.6 is 0 Å².